The van der Waals surface area contributed by atoms with Gasteiger partial charge in [-0.1, -0.05) is 24.6 Å². The summed E-state index contributed by atoms with van der Waals surface area (Å²) in [6, 6.07) is 14.9. The molecular weight excluding hydrogens is 290 g/mol. The lowest BCUT2D eigenvalue weighted by Crippen LogP contribution is -2.32. The molecule has 5 heteroatoms. The molecule has 1 heterocycles. The van der Waals surface area contributed by atoms with Gasteiger partial charge < -0.3 is 5.32 Å². The summed E-state index contributed by atoms with van der Waals surface area (Å²) in [5.41, 5.74) is 6.12. The van der Waals surface area contributed by atoms with Gasteiger partial charge in [0.15, 0.2) is 0 Å². The second-order valence-electron chi connectivity index (χ2n) is 5.86. The van der Waals surface area contributed by atoms with Crippen LogP contribution in [0, 0.1) is 12.8 Å². The first-order valence-electron chi connectivity index (χ1n) is 7.59. The predicted molar refractivity (Wildman–Crippen MR) is 90.2 cm³/mol. The quantitative estimate of drug-likeness (QED) is 0.916. The van der Waals surface area contributed by atoms with E-state index in [1.165, 1.54) is 0 Å². The lowest BCUT2D eigenvalue weighted by molar-refractivity contribution is -0.121. The first kappa shape index (κ1) is 15.1. The van der Waals surface area contributed by atoms with E-state index in [0.717, 1.165) is 16.9 Å². The van der Waals surface area contributed by atoms with Gasteiger partial charge in [0.25, 0.3) is 5.91 Å². The number of rotatable bonds is 3. The van der Waals surface area contributed by atoms with E-state index in [0.29, 0.717) is 12.1 Å². The smallest absolute Gasteiger partial charge is 0.255 e. The molecule has 1 aliphatic heterocycles. The number of carbonyl (C=O) groups excluding carboxylic acids is 2. The maximum absolute atomic E-state index is 12.2. The van der Waals surface area contributed by atoms with Crippen LogP contribution in [0.2, 0.25) is 0 Å². The highest BCUT2D eigenvalue weighted by Gasteiger charge is 2.26. The third-order valence-electron chi connectivity index (χ3n) is 3.87. The second kappa shape index (κ2) is 6.12. The van der Waals surface area contributed by atoms with Crippen LogP contribution in [0.5, 0.6) is 0 Å². The minimum atomic E-state index is -0.135. The summed E-state index contributed by atoms with van der Waals surface area (Å²) in [6.07, 6.45) is 0. The van der Waals surface area contributed by atoms with Gasteiger partial charge in [-0.15, -0.1) is 0 Å². The molecule has 1 aliphatic rings. The molecule has 3 rings (SSSR count). The van der Waals surface area contributed by atoms with E-state index < -0.39 is 0 Å². The highest BCUT2D eigenvalue weighted by molar-refractivity contribution is 6.04. The second-order valence-corrected chi connectivity index (χ2v) is 5.86. The molecular formula is C18H19N3O2. The van der Waals surface area contributed by atoms with E-state index in [1.54, 1.807) is 6.07 Å². The Kier molecular flexibility index (Phi) is 4.02. The summed E-state index contributed by atoms with van der Waals surface area (Å²) in [5, 5.41) is 4.69. The molecule has 1 atom stereocenters. The molecule has 0 aliphatic carbocycles. The fourth-order valence-electron chi connectivity index (χ4n) is 2.53. The van der Waals surface area contributed by atoms with E-state index in [-0.39, 0.29) is 17.7 Å². The minimum Gasteiger partial charge on any atom is -0.322 e. The van der Waals surface area contributed by atoms with Crippen molar-refractivity contribution in [3.63, 3.8) is 0 Å². The minimum absolute atomic E-state index is 0.0179. The van der Waals surface area contributed by atoms with Crippen molar-refractivity contribution in [1.82, 2.24) is 5.43 Å². The van der Waals surface area contributed by atoms with Crippen molar-refractivity contribution in [3.05, 3.63) is 59.7 Å². The summed E-state index contributed by atoms with van der Waals surface area (Å²) < 4.78 is 0. The highest BCUT2D eigenvalue weighted by Crippen LogP contribution is 2.21. The SMILES string of the molecule is Cc1cccc(C(=O)Nc2ccc(N3CC(C)C(=O)N3)cc2)c1. The zero-order valence-corrected chi connectivity index (χ0v) is 13.2. The van der Waals surface area contributed by atoms with Crippen LogP contribution in [0.4, 0.5) is 11.4 Å². The number of amides is 2. The maximum Gasteiger partial charge on any atom is 0.255 e. The topological polar surface area (TPSA) is 61.4 Å². The van der Waals surface area contributed by atoms with Crippen LogP contribution in [-0.2, 0) is 4.79 Å². The molecule has 0 spiro atoms. The molecule has 0 radical (unpaired) electrons. The molecule has 2 aromatic carbocycles. The fraction of sp³-hybridized carbons (Fsp3) is 0.222. The Hall–Kier alpha value is -2.82. The van der Waals surface area contributed by atoms with Crippen LogP contribution in [0.25, 0.3) is 0 Å². The average Bonchev–Trinajstić information content (AvgIpc) is 2.87. The van der Waals surface area contributed by atoms with Gasteiger partial charge in [0, 0.05) is 11.3 Å². The Balaban J connectivity index is 1.68. The summed E-state index contributed by atoms with van der Waals surface area (Å²) in [6.45, 7) is 4.50. The lowest BCUT2D eigenvalue weighted by atomic mass is 10.1. The van der Waals surface area contributed by atoms with Gasteiger partial charge in [0.05, 0.1) is 18.2 Å². The van der Waals surface area contributed by atoms with Crippen molar-refractivity contribution in [2.75, 3.05) is 16.9 Å². The Morgan fingerprint density at radius 2 is 1.96 bits per heavy atom. The van der Waals surface area contributed by atoms with E-state index in [4.69, 9.17) is 0 Å². The van der Waals surface area contributed by atoms with Crippen molar-refractivity contribution in [2.45, 2.75) is 13.8 Å². The van der Waals surface area contributed by atoms with Crippen LogP contribution >= 0.6 is 0 Å². The summed E-state index contributed by atoms with van der Waals surface area (Å²) in [4.78, 5) is 23.8. The predicted octanol–water partition coefficient (Wildman–Crippen LogP) is 2.73. The number of hydrazine groups is 1. The Labute approximate surface area is 135 Å². The molecule has 1 saturated heterocycles. The Morgan fingerprint density at radius 1 is 1.22 bits per heavy atom. The molecule has 1 fully saturated rings. The molecule has 2 aromatic rings. The van der Waals surface area contributed by atoms with E-state index in [9.17, 15) is 9.59 Å². The molecule has 0 saturated carbocycles. The molecule has 0 bridgehead atoms. The van der Waals surface area contributed by atoms with Gasteiger partial charge in [-0.05, 0) is 43.3 Å². The molecule has 118 valence electrons. The average molecular weight is 309 g/mol. The Morgan fingerprint density at radius 3 is 2.57 bits per heavy atom. The molecule has 2 amide bonds. The van der Waals surface area contributed by atoms with Gasteiger partial charge in [0.1, 0.15) is 0 Å². The van der Waals surface area contributed by atoms with Crippen LogP contribution in [0.3, 0.4) is 0 Å². The van der Waals surface area contributed by atoms with Crippen molar-refractivity contribution < 1.29 is 9.59 Å². The zero-order chi connectivity index (χ0) is 16.4. The lowest BCUT2D eigenvalue weighted by Gasteiger charge is -2.17. The summed E-state index contributed by atoms with van der Waals surface area (Å²) >= 11 is 0. The molecule has 2 N–H and O–H groups in total. The van der Waals surface area contributed by atoms with Crippen molar-refractivity contribution in [3.8, 4) is 0 Å². The summed E-state index contributed by atoms with van der Waals surface area (Å²) in [5.74, 6) is -0.123. The number of carbonyl (C=O) groups is 2. The number of hydrogen-bond donors (Lipinski definition) is 2. The fourth-order valence-corrected chi connectivity index (χ4v) is 2.53. The first-order valence-corrected chi connectivity index (χ1v) is 7.59. The van der Waals surface area contributed by atoms with Crippen LogP contribution < -0.4 is 15.8 Å². The zero-order valence-electron chi connectivity index (χ0n) is 13.2. The van der Waals surface area contributed by atoms with Gasteiger partial charge in [-0.3, -0.25) is 20.0 Å². The van der Waals surface area contributed by atoms with Gasteiger partial charge >= 0.3 is 0 Å². The molecule has 5 nitrogen and oxygen atoms in total. The first-order chi connectivity index (χ1) is 11.0. The van der Waals surface area contributed by atoms with E-state index >= 15 is 0 Å². The number of hydrogen-bond acceptors (Lipinski definition) is 3. The van der Waals surface area contributed by atoms with Crippen molar-refractivity contribution in [1.29, 1.82) is 0 Å². The van der Waals surface area contributed by atoms with Crippen LogP contribution in [0.1, 0.15) is 22.8 Å². The van der Waals surface area contributed by atoms with Crippen LogP contribution in [0.15, 0.2) is 48.5 Å². The standard InChI is InChI=1S/C18H19N3O2/c1-12-4-3-5-14(10-12)18(23)19-15-6-8-16(9-7-15)21-11-13(2)17(22)20-21/h3-10,13H,11H2,1-2H3,(H,19,23)(H,20,22). The molecule has 23 heavy (non-hydrogen) atoms. The van der Waals surface area contributed by atoms with Gasteiger partial charge in [0.2, 0.25) is 5.91 Å². The van der Waals surface area contributed by atoms with E-state index in [1.807, 2.05) is 61.3 Å². The highest BCUT2D eigenvalue weighted by atomic mass is 16.2. The monoisotopic (exact) mass is 309 g/mol. The van der Waals surface area contributed by atoms with Gasteiger partial charge in [-0.2, -0.15) is 0 Å². The number of nitrogens with one attached hydrogen (secondary N) is 2. The Bertz CT molecular complexity index is 740. The van der Waals surface area contributed by atoms with E-state index in [2.05, 4.69) is 10.7 Å². The van der Waals surface area contributed by atoms with Crippen molar-refractivity contribution >= 4 is 23.2 Å². The van der Waals surface area contributed by atoms with Crippen molar-refractivity contribution in [2.24, 2.45) is 5.92 Å². The van der Waals surface area contributed by atoms with Crippen LogP contribution in [-0.4, -0.2) is 18.4 Å². The third kappa shape index (κ3) is 3.34. The number of nitrogens with zero attached hydrogens (tertiary/aromatic N) is 1. The largest absolute Gasteiger partial charge is 0.322 e. The maximum atomic E-state index is 12.2. The third-order valence-corrected chi connectivity index (χ3v) is 3.87. The normalized spacial score (nSPS) is 17.0. The number of anilines is 2. The summed E-state index contributed by atoms with van der Waals surface area (Å²) in [7, 11) is 0. The molecule has 1 unspecified atom stereocenters. The molecule has 0 aromatic heterocycles. The number of benzene rings is 2. The number of aryl methyl sites for hydroxylation is 1. The van der Waals surface area contributed by atoms with Gasteiger partial charge in [-0.25, -0.2) is 0 Å².